The Hall–Kier alpha value is -1.64. The molecule has 3 nitrogen and oxygen atoms in total. The number of phenols is 2. The second kappa shape index (κ2) is 2.94. The number of aromatic hydroxyl groups is 2. The molecule has 0 radical (unpaired) electrons. The van der Waals surface area contributed by atoms with E-state index in [1.54, 1.807) is 0 Å². The van der Waals surface area contributed by atoms with E-state index in [1.165, 1.54) is 12.1 Å². The molecule has 0 saturated heterocycles. The van der Waals surface area contributed by atoms with Gasteiger partial charge in [0.1, 0.15) is 12.4 Å². The molecule has 0 unspecified atom stereocenters. The first-order chi connectivity index (χ1) is 6.59. The van der Waals surface area contributed by atoms with Crippen LogP contribution < -0.4 is 4.74 Å². The molecule has 1 aliphatic rings. The van der Waals surface area contributed by atoms with Crippen LogP contribution in [0.5, 0.6) is 17.2 Å². The zero-order valence-electron chi connectivity index (χ0n) is 8.16. The summed E-state index contributed by atoms with van der Waals surface area (Å²) in [6.45, 7) is 4.51. The highest BCUT2D eigenvalue weighted by Crippen LogP contribution is 2.39. The second-order valence-corrected chi connectivity index (χ2v) is 3.53. The quantitative estimate of drug-likeness (QED) is 0.620. The van der Waals surface area contributed by atoms with Crippen LogP contribution in [0, 0.1) is 0 Å². The number of ether oxygens (including phenoxy) is 1. The lowest BCUT2D eigenvalue weighted by Crippen LogP contribution is -2.07. The SMILES string of the molecule is CC1=C(C)c2cc(O)c(O)cc2OC1. The Bertz CT molecular complexity index is 419. The molecule has 0 aromatic heterocycles. The van der Waals surface area contributed by atoms with Gasteiger partial charge in [-0.25, -0.2) is 0 Å². The van der Waals surface area contributed by atoms with Gasteiger partial charge in [0.25, 0.3) is 0 Å². The third-order valence-corrected chi connectivity index (χ3v) is 2.57. The molecule has 1 aromatic rings. The van der Waals surface area contributed by atoms with Crippen LogP contribution in [0.25, 0.3) is 5.57 Å². The fraction of sp³-hybridized carbons (Fsp3) is 0.273. The topological polar surface area (TPSA) is 49.7 Å². The van der Waals surface area contributed by atoms with Crippen molar-refractivity contribution in [1.82, 2.24) is 0 Å². The van der Waals surface area contributed by atoms with E-state index in [-0.39, 0.29) is 11.5 Å². The van der Waals surface area contributed by atoms with Crippen LogP contribution >= 0.6 is 0 Å². The highest BCUT2D eigenvalue weighted by molar-refractivity contribution is 5.75. The van der Waals surface area contributed by atoms with E-state index < -0.39 is 0 Å². The lowest BCUT2D eigenvalue weighted by atomic mass is 9.99. The van der Waals surface area contributed by atoms with Gasteiger partial charge in [-0.3, -0.25) is 0 Å². The minimum atomic E-state index is -0.142. The van der Waals surface area contributed by atoms with Crippen LogP contribution in [0.15, 0.2) is 17.7 Å². The van der Waals surface area contributed by atoms with Crippen LogP contribution in [-0.2, 0) is 0 Å². The summed E-state index contributed by atoms with van der Waals surface area (Å²) < 4.78 is 5.41. The molecular formula is C11H12O3. The molecule has 14 heavy (non-hydrogen) atoms. The summed E-state index contributed by atoms with van der Waals surface area (Å²) in [5, 5.41) is 18.6. The van der Waals surface area contributed by atoms with E-state index in [0.29, 0.717) is 12.4 Å². The Morgan fingerprint density at radius 2 is 1.79 bits per heavy atom. The molecule has 0 fully saturated rings. The molecule has 3 heteroatoms. The van der Waals surface area contributed by atoms with Gasteiger partial charge >= 0.3 is 0 Å². The normalized spacial score (nSPS) is 15.0. The highest BCUT2D eigenvalue weighted by atomic mass is 16.5. The molecular weight excluding hydrogens is 180 g/mol. The molecule has 0 amide bonds. The average molecular weight is 192 g/mol. The van der Waals surface area contributed by atoms with Gasteiger partial charge in [0, 0.05) is 11.6 Å². The number of hydrogen-bond donors (Lipinski definition) is 2. The number of fused-ring (bicyclic) bond motifs is 1. The van der Waals surface area contributed by atoms with E-state index in [9.17, 15) is 10.2 Å². The fourth-order valence-corrected chi connectivity index (χ4v) is 1.49. The first-order valence-electron chi connectivity index (χ1n) is 4.45. The van der Waals surface area contributed by atoms with E-state index in [4.69, 9.17) is 4.74 Å². The number of hydrogen-bond acceptors (Lipinski definition) is 3. The molecule has 1 aromatic carbocycles. The van der Waals surface area contributed by atoms with Crippen molar-refractivity contribution >= 4 is 5.57 Å². The lowest BCUT2D eigenvalue weighted by Gasteiger charge is -2.20. The summed E-state index contributed by atoms with van der Waals surface area (Å²) in [6, 6.07) is 2.98. The van der Waals surface area contributed by atoms with Gasteiger partial charge in [-0.05, 0) is 31.1 Å². The smallest absolute Gasteiger partial charge is 0.161 e. The van der Waals surface area contributed by atoms with E-state index >= 15 is 0 Å². The largest absolute Gasteiger partial charge is 0.504 e. The first kappa shape index (κ1) is 8.94. The van der Waals surface area contributed by atoms with Crippen LogP contribution in [-0.4, -0.2) is 16.8 Å². The number of allylic oxidation sites excluding steroid dienone is 1. The summed E-state index contributed by atoms with van der Waals surface area (Å²) in [5.74, 6) is 0.376. The Morgan fingerprint density at radius 3 is 2.50 bits per heavy atom. The van der Waals surface area contributed by atoms with E-state index in [2.05, 4.69) is 0 Å². The maximum Gasteiger partial charge on any atom is 0.161 e. The van der Waals surface area contributed by atoms with Gasteiger partial charge in [-0.2, -0.15) is 0 Å². The fourth-order valence-electron chi connectivity index (χ4n) is 1.49. The van der Waals surface area contributed by atoms with E-state index in [1.807, 2.05) is 13.8 Å². The van der Waals surface area contributed by atoms with E-state index in [0.717, 1.165) is 16.7 Å². The standard InChI is InChI=1S/C11H12O3/c1-6-5-14-11-4-10(13)9(12)3-8(11)7(6)2/h3-4,12-13H,5H2,1-2H3. The summed E-state index contributed by atoms with van der Waals surface area (Å²) in [4.78, 5) is 0. The molecule has 1 aliphatic heterocycles. The maximum absolute atomic E-state index is 9.35. The van der Waals surface area contributed by atoms with Gasteiger partial charge < -0.3 is 14.9 Å². The summed E-state index contributed by atoms with van der Waals surface area (Å²) >= 11 is 0. The lowest BCUT2D eigenvalue weighted by molar-refractivity contribution is 0.339. The van der Waals surface area contributed by atoms with Gasteiger partial charge in [-0.1, -0.05) is 0 Å². The summed E-state index contributed by atoms with van der Waals surface area (Å²) in [5.41, 5.74) is 3.09. The molecule has 2 rings (SSSR count). The van der Waals surface area contributed by atoms with Gasteiger partial charge in [0.2, 0.25) is 0 Å². The zero-order valence-corrected chi connectivity index (χ0v) is 8.16. The minimum Gasteiger partial charge on any atom is -0.504 e. The van der Waals surface area contributed by atoms with Crippen molar-refractivity contribution < 1.29 is 14.9 Å². The minimum absolute atomic E-state index is 0.110. The number of phenolic OH excluding ortho intramolecular Hbond substituents is 2. The monoisotopic (exact) mass is 192 g/mol. The molecule has 0 aliphatic carbocycles. The van der Waals surface area contributed by atoms with Crippen LogP contribution in [0.2, 0.25) is 0 Å². The predicted molar refractivity (Wildman–Crippen MR) is 53.5 cm³/mol. The molecule has 74 valence electrons. The van der Waals surface area contributed by atoms with Crippen molar-refractivity contribution in [1.29, 1.82) is 0 Å². The van der Waals surface area contributed by atoms with Crippen LogP contribution in [0.3, 0.4) is 0 Å². The second-order valence-electron chi connectivity index (χ2n) is 3.53. The zero-order chi connectivity index (χ0) is 10.3. The average Bonchev–Trinajstić information content (AvgIpc) is 2.15. The van der Waals surface area contributed by atoms with Gasteiger partial charge in [0.15, 0.2) is 11.5 Å². The maximum atomic E-state index is 9.35. The number of benzene rings is 1. The highest BCUT2D eigenvalue weighted by Gasteiger charge is 2.17. The first-order valence-corrected chi connectivity index (χ1v) is 4.45. The van der Waals surface area contributed by atoms with Crippen molar-refractivity contribution in [2.45, 2.75) is 13.8 Å². The molecule has 0 spiro atoms. The third-order valence-electron chi connectivity index (χ3n) is 2.57. The van der Waals surface area contributed by atoms with Crippen molar-refractivity contribution in [2.75, 3.05) is 6.61 Å². The van der Waals surface area contributed by atoms with Crippen LogP contribution in [0.1, 0.15) is 19.4 Å². The predicted octanol–water partition coefficient (Wildman–Crippen LogP) is 2.28. The van der Waals surface area contributed by atoms with Crippen molar-refractivity contribution in [3.05, 3.63) is 23.3 Å². The summed E-state index contributed by atoms with van der Waals surface area (Å²) in [6.07, 6.45) is 0. The summed E-state index contributed by atoms with van der Waals surface area (Å²) in [7, 11) is 0. The van der Waals surface area contributed by atoms with Gasteiger partial charge in [-0.15, -0.1) is 0 Å². The Morgan fingerprint density at radius 1 is 1.14 bits per heavy atom. The van der Waals surface area contributed by atoms with Gasteiger partial charge in [0.05, 0.1) is 0 Å². The van der Waals surface area contributed by atoms with Crippen molar-refractivity contribution in [3.63, 3.8) is 0 Å². The molecule has 0 bridgehead atoms. The Kier molecular flexibility index (Phi) is 1.88. The Balaban J connectivity index is 2.64. The third kappa shape index (κ3) is 1.21. The molecule has 0 saturated carbocycles. The molecule has 0 atom stereocenters. The van der Waals surface area contributed by atoms with Crippen molar-refractivity contribution in [2.24, 2.45) is 0 Å². The number of rotatable bonds is 0. The van der Waals surface area contributed by atoms with Crippen LogP contribution in [0.4, 0.5) is 0 Å². The van der Waals surface area contributed by atoms with Crippen molar-refractivity contribution in [3.8, 4) is 17.2 Å². The molecule has 2 N–H and O–H groups in total. The molecule has 1 heterocycles. The Labute approximate surface area is 82.3 Å².